The number of primary amides is 1. The molecule has 1 aliphatic rings. The SMILES string of the molecule is CCCC[C@H](NC(C)=O)C(=O)N[C@H]1CCC(=O)NCC[C@@H](C(N)=O)NC(=O)[C@H](CCCN=C(N)N)NC(=O)[C@@H](Cc2ccc(OC)cc2)NC(O)[C@H](CCCN)NC1=O. The first-order valence-corrected chi connectivity index (χ1v) is 19.9. The summed E-state index contributed by atoms with van der Waals surface area (Å²) in [4.78, 5) is 96.7. The van der Waals surface area contributed by atoms with Gasteiger partial charge in [0.1, 0.15) is 36.1 Å². The molecule has 2 rings (SSSR count). The van der Waals surface area contributed by atoms with E-state index in [-0.39, 0.29) is 70.5 Å². The summed E-state index contributed by atoms with van der Waals surface area (Å²) in [5.74, 6) is -4.34. The van der Waals surface area contributed by atoms with Gasteiger partial charge in [0.2, 0.25) is 41.4 Å². The number of aliphatic hydroxyl groups excluding tert-OH is 1. The summed E-state index contributed by atoms with van der Waals surface area (Å²) in [6.07, 6.45) is 0.184. The zero-order chi connectivity index (χ0) is 43.9. The number of nitrogens with two attached hydrogens (primary N) is 4. The number of hydrogen-bond donors (Lipinski definition) is 12. The third-order valence-electron chi connectivity index (χ3n) is 9.54. The zero-order valence-corrected chi connectivity index (χ0v) is 34.2. The van der Waals surface area contributed by atoms with E-state index in [0.717, 1.165) is 6.42 Å². The number of nitrogens with zero attached hydrogens (tertiary/aromatic N) is 1. The first kappa shape index (κ1) is 49.6. The Kier molecular flexibility index (Phi) is 22.2. The Morgan fingerprint density at radius 1 is 0.932 bits per heavy atom. The highest BCUT2D eigenvalue weighted by Gasteiger charge is 2.34. The molecule has 7 amide bonds. The van der Waals surface area contributed by atoms with Crippen LogP contribution < -0.4 is 64.9 Å². The molecule has 7 atom stereocenters. The van der Waals surface area contributed by atoms with E-state index in [9.17, 15) is 38.7 Å². The maximum Gasteiger partial charge on any atom is 0.243 e. The Hall–Kier alpha value is -5.54. The lowest BCUT2D eigenvalue weighted by Crippen LogP contribution is -2.61. The van der Waals surface area contributed by atoms with Crippen molar-refractivity contribution in [2.24, 2.45) is 27.9 Å². The zero-order valence-electron chi connectivity index (χ0n) is 34.2. The maximum atomic E-state index is 14.2. The normalized spacial score (nSPS) is 23.0. The second-order valence-corrected chi connectivity index (χ2v) is 14.4. The largest absolute Gasteiger partial charge is 0.497 e. The van der Waals surface area contributed by atoms with Gasteiger partial charge in [-0.1, -0.05) is 31.9 Å². The van der Waals surface area contributed by atoms with Gasteiger partial charge in [0.15, 0.2) is 5.96 Å². The monoisotopic (exact) mass is 832 g/mol. The lowest BCUT2D eigenvalue weighted by molar-refractivity contribution is -0.133. The Morgan fingerprint density at radius 3 is 2.24 bits per heavy atom. The standard InChI is InChI=1S/C38H64N12O9/c1-4-5-8-26(45-22(2)51)33(54)49-29-15-16-31(52)43-20-17-25(32(40)53)46-34(55)28(10-7-19-44-38(41)42)48-37(58)30(21-23-11-13-24(59-3)14-12-23)50-35(56)27(9-6-18-39)47-36(29)57/h11-14,25-30,35,50,56H,4-10,15-21,39H2,1-3H3,(H2,40,53)(H,43,52)(H,45,51)(H,46,55)(H,47,57)(H,48,58)(H,49,54)(H4,41,42,44)/t25-,26-,27-,28-,29-,30+,35?/m0/s1. The molecule has 0 spiro atoms. The van der Waals surface area contributed by atoms with Crippen LogP contribution in [-0.2, 0) is 40.0 Å². The van der Waals surface area contributed by atoms with Crippen molar-refractivity contribution in [2.75, 3.05) is 26.7 Å². The molecule has 1 heterocycles. The number of methoxy groups -OCH3 is 1. The van der Waals surface area contributed by atoms with Gasteiger partial charge in [0.05, 0.1) is 19.2 Å². The van der Waals surface area contributed by atoms with Crippen molar-refractivity contribution in [2.45, 2.75) is 127 Å². The Morgan fingerprint density at radius 2 is 1.63 bits per heavy atom. The molecule has 0 saturated carbocycles. The third kappa shape index (κ3) is 18.7. The van der Waals surface area contributed by atoms with E-state index in [4.69, 9.17) is 27.7 Å². The topological polar surface area (TPSA) is 350 Å². The first-order valence-electron chi connectivity index (χ1n) is 19.9. The molecule has 21 heteroatoms. The maximum absolute atomic E-state index is 14.2. The van der Waals surface area contributed by atoms with Crippen LogP contribution in [0.3, 0.4) is 0 Å². The molecule has 0 radical (unpaired) electrons. The van der Waals surface area contributed by atoms with Crippen LogP contribution in [0.2, 0.25) is 0 Å². The number of rotatable bonds is 17. The van der Waals surface area contributed by atoms with Gasteiger partial charge in [0.25, 0.3) is 0 Å². The average Bonchev–Trinajstić information content (AvgIpc) is 3.19. The van der Waals surface area contributed by atoms with Gasteiger partial charge in [-0.15, -0.1) is 0 Å². The number of carbonyl (C=O) groups is 7. The molecule has 330 valence electrons. The molecule has 0 aromatic heterocycles. The van der Waals surface area contributed by atoms with E-state index in [1.165, 1.54) is 14.0 Å². The molecular weight excluding hydrogens is 768 g/mol. The summed E-state index contributed by atoms with van der Waals surface area (Å²) in [6, 6.07) is -0.234. The first-order chi connectivity index (χ1) is 28.1. The molecular formula is C38H64N12O9. The minimum absolute atomic E-state index is 0.00848. The van der Waals surface area contributed by atoms with Crippen molar-refractivity contribution in [1.29, 1.82) is 0 Å². The molecule has 16 N–H and O–H groups in total. The molecule has 1 aromatic rings. The number of benzene rings is 1. The minimum atomic E-state index is -1.59. The molecule has 0 bridgehead atoms. The Labute approximate surface area is 344 Å². The van der Waals surface area contributed by atoms with Crippen molar-refractivity contribution >= 4 is 47.3 Å². The van der Waals surface area contributed by atoms with Crippen molar-refractivity contribution in [3.63, 3.8) is 0 Å². The summed E-state index contributed by atoms with van der Waals surface area (Å²) < 4.78 is 5.26. The number of hydrogen-bond acceptors (Lipinski definition) is 12. The van der Waals surface area contributed by atoms with Crippen LogP contribution in [0, 0.1) is 0 Å². The Balaban J connectivity index is 2.60. The van der Waals surface area contributed by atoms with Gasteiger partial charge < -0.3 is 64.7 Å². The smallest absolute Gasteiger partial charge is 0.243 e. The predicted molar refractivity (Wildman–Crippen MR) is 219 cm³/mol. The highest BCUT2D eigenvalue weighted by Crippen LogP contribution is 2.15. The van der Waals surface area contributed by atoms with Crippen LogP contribution in [0.5, 0.6) is 5.75 Å². The van der Waals surface area contributed by atoms with Gasteiger partial charge in [-0.3, -0.25) is 43.9 Å². The van der Waals surface area contributed by atoms with Crippen molar-refractivity contribution in [1.82, 2.24) is 37.2 Å². The summed E-state index contributed by atoms with van der Waals surface area (Å²) in [5.41, 5.74) is 23.0. The Bertz CT molecular complexity index is 1580. The molecule has 1 saturated heterocycles. The van der Waals surface area contributed by atoms with Crippen LogP contribution in [-0.4, -0.2) is 122 Å². The van der Waals surface area contributed by atoms with Gasteiger partial charge in [-0.05, 0) is 75.6 Å². The number of nitrogens with one attached hydrogen (secondary N) is 7. The highest BCUT2D eigenvalue weighted by atomic mass is 16.5. The van der Waals surface area contributed by atoms with E-state index < -0.39 is 83.8 Å². The summed E-state index contributed by atoms with van der Waals surface area (Å²) in [5, 5.41) is 30.5. The minimum Gasteiger partial charge on any atom is -0.497 e. The molecule has 0 aliphatic carbocycles. The fourth-order valence-electron chi connectivity index (χ4n) is 6.26. The number of aliphatic imine (C=N–C) groups is 1. The van der Waals surface area contributed by atoms with Crippen LogP contribution in [0.1, 0.15) is 83.6 Å². The van der Waals surface area contributed by atoms with E-state index in [1.807, 2.05) is 6.92 Å². The predicted octanol–water partition coefficient (Wildman–Crippen LogP) is -3.27. The fourth-order valence-corrected chi connectivity index (χ4v) is 6.26. The third-order valence-corrected chi connectivity index (χ3v) is 9.54. The fraction of sp³-hybridized carbons (Fsp3) is 0.632. The lowest BCUT2D eigenvalue weighted by atomic mass is 10.0. The molecule has 21 nitrogen and oxygen atoms in total. The second-order valence-electron chi connectivity index (χ2n) is 14.4. The van der Waals surface area contributed by atoms with Crippen molar-refractivity contribution < 1.29 is 43.4 Å². The van der Waals surface area contributed by atoms with Gasteiger partial charge in [0, 0.05) is 26.4 Å². The summed E-state index contributed by atoms with van der Waals surface area (Å²) in [7, 11) is 1.50. The van der Waals surface area contributed by atoms with Crippen molar-refractivity contribution in [3.8, 4) is 5.75 Å². The van der Waals surface area contributed by atoms with Crippen LogP contribution in [0.4, 0.5) is 0 Å². The number of carbonyl (C=O) groups excluding carboxylic acids is 7. The van der Waals surface area contributed by atoms with E-state index >= 15 is 0 Å². The number of unbranched alkanes of at least 4 members (excludes halogenated alkanes) is 1. The molecule has 1 aromatic carbocycles. The van der Waals surface area contributed by atoms with E-state index in [0.29, 0.717) is 30.6 Å². The van der Waals surface area contributed by atoms with E-state index in [2.05, 4.69) is 42.2 Å². The quantitative estimate of drug-likeness (QED) is 0.0417. The molecule has 1 fully saturated rings. The van der Waals surface area contributed by atoms with Crippen LogP contribution >= 0.6 is 0 Å². The van der Waals surface area contributed by atoms with Crippen LogP contribution in [0.25, 0.3) is 0 Å². The molecule has 1 aliphatic heterocycles. The van der Waals surface area contributed by atoms with Gasteiger partial charge in [-0.25, -0.2) is 0 Å². The molecule has 1 unspecified atom stereocenters. The van der Waals surface area contributed by atoms with Crippen molar-refractivity contribution in [3.05, 3.63) is 29.8 Å². The van der Waals surface area contributed by atoms with Gasteiger partial charge in [-0.2, -0.15) is 0 Å². The number of amides is 7. The number of ether oxygens (including phenoxy) is 1. The number of guanidine groups is 1. The highest BCUT2D eigenvalue weighted by molar-refractivity contribution is 5.93. The molecule has 59 heavy (non-hydrogen) atoms. The second kappa shape index (κ2) is 26.5. The van der Waals surface area contributed by atoms with Crippen LogP contribution in [0.15, 0.2) is 29.3 Å². The number of aliphatic hydroxyl groups is 1. The van der Waals surface area contributed by atoms with E-state index in [1.54, 1.807) is 24.3 Å². The average molecular weight is 833 g/mol. The lowest BCUT2D eigenvalue weighted by Gasteiger charge is -2.31. The summed E-state index contributed by atoms with van der Waals surface area (Å²) in [6.45, 7) is 3.39. The van der Waals surface area contributed by atoms with Gasteiger partial charge >= 0.3 is 0 Å². The summed E-state index contributed by atoms with van der Waals surface area (Å²) >= 11 is 0.